The average molecular weight is 753 g/mol. The molecule has 0 N–H and O–H groups in total. The fourth-order valence-electron chi connectivity index (χ4n) is 9.94. The van der Waals surface area contributed by atoms with Crippen LogP contribution in [0.15, 0.2) is 158 Å². The van der Waals surface area contributed by atoms with E-state index in [9.17, 15) is 0 Å². The minimum absolute atomic E-state index is 0.153. The summed E-state index contributed by atoms with van der Waals surface area (Å²) in [7, 11) is 0. The molecule has 0 bridgehead atoms. The Kier molecular flexibility index (Phi) is 7.24. The second kappa shape index (κ2) is 12.5. The number of hydrogen-bond donors (Lipinski definition) is 0. The van der Waals surface area contributed by atoms with Gasteiger partial charge in [0.15, 0.2) is 5.82 Å². The molecule has 7 aromatic carbocycles. The molecule has 12 rings (SSSR count). The zero-order valence-corrected chi connectivity index (χ0v) is 32.4. The summed E-state index contributed by atoms with van der Waals surface area (Å²) in [6.45, 7) is 0. The molecule has 1 fully saturated rings. The van der Waals surface area contributed by atoms with Crippen molar-refractivity contribution in [3.63, 3.8) is 0 Å². The Bertz CT molecular complexity index is 3160. The summed E-state index contributed by atoms with van der Waals surface area (Å²) in [4.78, 5) is 9.95. The number of benzene rings is 7. The van der Waals surface area contributed by atoms with Crippen molar-refractivity contribution in [2.24, 2.45) is 0 Å². The monoisotopic (exact) mass is 752 g/mol. The third-order valence-corrected chi connectivity index (χ3v) is 14.9. The maximum absolute atomic E-state index is 5.16. The molecule has 2 nitrogen and oxygen atoms in total. The van der Waals surface area contributed by atoms with Gasteiger partial charge in [-0.1, -0.05) is 147 Å². The molecular formula is C52H36N2S2. The highest BCUT2D eigenvalue weighted by atomic mass is 32.1. The lowest BCUT2D eigenvalue weighted by Crippen LogP contribution is -2.27. The van der Waals surface area contributed by atoms with Crippen molar-refractivity contribution in [1.29, 1.82) is 0 Å². The van der Waals surface area contributed by atoms with Crippen molar-refractivity contribution in [1.82, 2.24) is 9.97 Å². The van der Waals surface area contributed by atoms with Gasteiger partial charge in [0, 0.05) is 53.0 Å². The Labute approximate surface area is 333 Å². The van der Waals surface area contributed by atoms with E-state index in [4.69, 9.17) is 9.97 Å². The molecule has 0 unspecified atom stereocenters. The fraction of sp³-hybridized carbons (Fsp3) is 0.115. The molecule has 0 atom stereocenters. The Morgan fingerprint density at radius 2 is 1.09 bits per heavy atom. The zero-order chi connectivity index (χ0) is 36.8. The molecule has 0 aliphatic heterocycles. The Morgan fingerprint density at radius 3 is 1.93 bits per heavy atom. The Balaban J connectivity index is 0.945. The van der Waals surface area contributed by atoms with E-state index in [1.165, 1.54) is 107 Å². The van der Waals surface area contributed by atoms with Gasteiger partial charge in [0.05, 0.1) is 10.2 Å². The second-order valence-electron chi connectivity index (χ2n) is 15.6. The largest absolute Gasteiger partial charge is 0.235 e. The van der Waals surface area contributed by atoms with Crippen LogP contribution < -0.4 is 0 Å². The predicted molar refractivity (Wildman–Crippen MR) is 239 cm³/mol. The Morgan fingerprint density at radius 1 is 0.446 bits per heavy atom. The zero-order valence-electron chi connectivity index (χ0n) is 30.8. The molecule has 2 aliphatic rings. The number of hydrogen-bond acceptors (Lipinski definition) is 4. The normalized spacial score (nSPS) is 14.6. The minimum Gasteiger partial charge on any atom is -0.235 e. The van der Waals surface area contributed by atoms with Crippen LogP contribution in [0.1, 0.15) is 43.2 Å². The van der Waals surface area contributed by atoms with E-state index in [0.29, 0.717) is 0 Å². The van der Waals surface area contributed by atoms with Crippen LogP contribution in [0.5, 0.6) is 0 Å². The average Bonchev–Trinajstić information content (AvgIpc) is 3.92. The highest BCUT2D eigenvalue weighted by molar-refractivity contribution is 7.26. The molecule has 266 valence electrons. The molecule has 0 amide bonds. The standard InChI is InChI=1S/C52H36N2S2/c1-3-11-32(12-4-1)33-19-21-34(22-20-33)51-53-31-47-49(54-51)42-30-36(24-26-46(42)55-47)35-23-25-45-41(29-35)39-16-9-15-38(50(39)56-45)37-14-10-18-44-48(37)40-13-5-6-17-43(40)52(44)27-7-2-8-28-52/h1,3-6,9-26,29-31H,2,7-8,27-28H2. The van der Waals surface area contributed by atoms with Gasteiger partial charge in [-0.25, -0.2) is 9.97 Å². The second-order valence-corrected chi connectivity index (χ2v) is 17.7. The molecule has 0 radical (unpaired) electrons. The summed E-state index contributed by atoms with van der Waals surface area (Å²) >= 11 is 3.69. The van der Waals surface area contributed by atoms with Crippen molar-refractivity contribution in [3.05, 3.63) is 169 Å². The van der Waals surface area contributed by atoms with Crippen molar-refractivity contribution < 1.29 is 0 Å². The molecule has 1 saturated carbocycles. The summed E-state index contributed by atoms with van der Waals surface area (Å²) in [5, 5.41) is 3.83. The minimum atomic E-state index is 0.153. The SMILES string of the molecule is c1ccc(-c2ccc(-c3ncc4sc5ccc(-c6ccc7sc8c(-c9cccc%10c9-c9ccccc9C%109CCCCC9)cccc8c7c6)cc5c4n3)cc2)cc1. The van der Waals surface area contributed by atoms with Crippen LogP contribution in [-0.2, 0) is 5.41 Å². The van der Waals surface area contributed by atoms with Crippen LogP contribution in [0.4, 0.5) is 0 Å². The van der Waals surface area contributed by atoms with E-state index >= 15 is 0 Å². The van der Waals surface area contributed by atoms with Crippen LogP contribution in [0.2, 0.25) is 0 Å². The molecule has 4 heteroatoms. The van der Waals surface area contributed by atoms with Crippen LogP contribution in [0, 0.1) is 0 Å². The van der Waals surface area contributed by atoms with E-state index in [-0.39, 0.29) is 5.41 Å². The number of aromatic nitrogens is 2. The maximum atomic E-state index is 5.16. The third kappa shape index (κ3) is 4.86. The van der Waals surface area contributed by atoms with Gasteiger partial charge in [0.2, 0.25) is 0 Å². The van der Waals surface area contributed by atoms with Gasteiger partial charge in [-0.15, -0.1) is 22.7 Å². The van der Waals surface area contributed by atoms with Gasteiger partial charge in [-0.3, -0.25) is 0 Å². The topological polar surface area (TPSA) is 25.8 Å². The van der Waals surface area contributed by atoms with Gasteiger partial charge in [0.1, 0.15) is 0 Å². The number of thiophene rings is 2. The van der Waals surface area contributed by atoms with E-state index in [2.05, 4.69) is 152 Å². The van der Waals surface area contributed by atoms with Gasteiger partial charge in [0.25, 0.3) is 0 Å². The lowest BCUT2D eigenvalue weighted by Gasteiger charge is -2.36. The first-order chi connectivity index (χ1) is 27.7. The van der Waals surface area contributed by atoms with Crippen LogP contribution in [0.25, 0.3) is 96.4 Å². The molecule has 56 heavy (non-hydrogen) atoms. The number of rotatable bonds is 4. The van der Waals surface area contributed by atoms with Crippen molar-refractivity contribution >= 4 is 63.1 Å². The number of nitrogens with zero attached hydrogens (tertiary/aromatic N) is 2. The summed E-state index contributed by atoms with van der Waals surface area (Å²) in [6.07, 6.45) is 8.45. The summed E-state index contributed by atoms with van der Waals surface area (Å²) < 4.78 is 5.03. The van der Waals surface area contributed by atoms with Gasteiger partial charge in [-0.05, 0) is 87.2 Å². The van der Waals surface area contributed by atoms with Crippen LogP contribution >= 0.6 is 22.7 Å². The van der Waals surface area contributed by atoms with Gasteiger partial charge >= 0.3 is 0 Å². The highest BCUT2D eigenvalue weighted by Crippen LogP contribution is 2.58. The summed E-state index contributed by atoms with van der Waals surface area (Å²) in [6, 6.07) is 56.3. The van der Waals surface area contributed by atoms with Crippen molar-refractivity contribution in [2.75, 3.05) is 0 Å². The van der Waals surface area contributed by atoms with Gasteiger partial charge < -0.3 is 0 Å². The van der Waals surface area contributed by atoms with E-state index < -0.39 is 0 Å². The highest BCUT2D eigenvalue weighted by Gasteiger charge is 2.44. The molecule has 10 aromatic rings. The first-order valence-electron chi connectivity index (χ1n) is 19.8. The molecule has 0 saturated heterocycles. The van der Waals surface area contributed by atoms with E-state index in [0.717, 1.165) is 21.6 Å². The van der Waals surface area contributed by atoms with E-state index in [1.807, 2.05) is 17.5 Å². The van der Waals surface area contributed by atoms with Crippen molar-refractivity contribution in [3.8, 4) is 55.9 Å². The molecule has 3 heterocycles. The maximum Gasteiger partial charge on any atom is 0.159 e. The molecule has 3 aromatic heterocycles. The third-order valence-electron chi connectivity index (χ3n) is 12.6. The molecular weight excluding hydrogens is 717 g/mol. The summed E-state index contributed by atoms with van der Waals surface area (Å²) in [5.74, 6) is 0.755. The Hall–Kier alpha value is -5.94. The van der Waals surface area contributed by atoms with Crippen LogP contribution in [0.3, 0.4) is 0 Å². The lowest BCUT2D eigenvalue weighted by molar-refractivity contribution is 0.353. The van der Waals surface area contributed by atoms with Gasteiger partial charge in [-0.2, -0.15) is 0 Å². The predicted octanol–water partition coefficient (Wildman–Crippen LogP) is 15.1. The lowest BCUT2D eigenvalue weighted by atomic mass is 9.68. The fourth-order valence-corrected chi connectivity index (χ4v) is 12.1. The van der Waals surface area contributed by atoms with E-state index in [1.54, 1.807) is 22.5 Å². The van der Waals surface area contributed by atoms with Crippen molar-refractivity contribution in [2.45, 2.75) is 37.5 Å². The molecule has 2 aliphatic carbocycles. The van der Waals surface area contributed by atoms with Crippen LogP contribution in [-0.4, -0.2) is 9.97 Å². The number of fused-ring (bicyclic) bond motifs is 11. The first kappa shape index (κ1) is 32.3. The first-order valence-corrected chi connectivity index (χ1v) is 21.4. The quantitative estimate of drug-likeness (QED) is 0.179. The molecule has 1 spiro atoms. The smallest absolute Gasteiger partial charge is 0.159 e. The summed E-state index contributed by atoms with van der Waals surface area (Å²) in [5.41, 5.74) is 15.7.